The molecule has 4 nitrogen and oxygen atoms in total. The van der Waals surface area contributed by atoms with Crippen LogP contribution in [-0.2, 0) is 0 Å². The minimum absolute atomic E-state index is 0.0991. The molecular formula is C20H23NO3S. The molecule has 5 heteroatoms. The number of methoxy groups -OCH3 is 1. The van der Waals surface area contributed by atoms with Crippen LogP contribution in [0.4, 0.5) is 0 Å². The van der Waals surface area contributed by atoms with Gasteiger partial charge in [-0.1, -0.05) is 18.2 Å². The third kappa shape index (κ3) is 5.87. The molecule has 25 heavy (non-hydrogen) atoms. The number of thioether (sulfide) groups is 1. The molecule has 2 aromatic carbocycles. The number of hydrogen-bond donors (Lipinski definition) is 1. The van der Waals surface area contributed by atoms with Gasteiger partial charge in [0.15, 0.2) is 0 Å². The number of ether oxygens (including phenoxy) is 2. The van der Waals surface area contributed by atoms with Crippen LogP contribution >= 0.6 is 11.8 Å². The zero-order chi connectivity index (χ0) is 18.1. The van der Waals surface area contributed by atoms with Gasteiger partial charge in [-0.05, 0) is 43.3 Å². The minimum Gasteiger partial charge on any atom is -0.497 e. The van der Waals surface area contributed by atoms with Crippen molar-refractivity contribution in [2.24, 2.45) is 0 Å². The second-order valence-corrected chi connectivity index (χ2v) is 6.52. The summed E-state index contributed by atoms with van der Waals surface area (Å²) < 4.78 is 10.8. The topological polar surface area (TPSA) is 47.6 Å². The molecule has 1 N–H and O–H groups in total. The summed E-state index contributed by atoms with van der Waals surface area (Å²) in [7, 11) is 1.62. The van der Waals surface area contributed by atoms with Crippen molar-refractivity contribution < 1.29 is 14.3 Å². The quantitative estimate of drug-likeness (QED) is 0.540. The molecule has 0 saturated heterocycles. The molecule has 1 atom stereocenters. The molecule has 0 aliphatic rings. The Kier molecular flexibility index (Phi) is 7.41. The fourth-order valence-electron chi connectivity index (χ4n) is 2.17. The lowest BCUT2D eigenvalue weighted by Crippen LogP contribution is -2.37. The Morgan fingerprint density at radius 2 is 1.88 bits per heavy atom. The zero-order valence-corrected chi connectivity index (χ0v) is 15.3. The summed E-state index contributed by atoms with van der Waals surface area (Å²) in [5.41, 5.74) is 0.672. The molecule has 0 aliphatic heterocycles. The van der Waals surface area contributed by atoms with Crippen LogP contribution in [-0.4, -0.2) is 31.4 Å². The Morgan fingerprint density at radius 1 is 1.20 bits per heavy atom. The first kappa shape index (κ1) is 18.9. The van der Waals surface area contributed by atoms with E-state index in [0.29, 0.717) is 12.2 Å². The number of carbonyl (C=O) groups is 1. The zero-order valence-electron chi connectivity index (χ0n) is 14.5. The van der Waals surface area contributed by atoms with Gasteiger partial charge in [0.25, 0.3) is 5.91 Å². The van der Waals surface area contributed by atoms with Gasteiger partial charge in [-0.15, -0.1) is 18.3 Å². The molecule has 0 fully saturated rings. The number of nitrogens with one attached hydrogen (secondary N) is 1. The molecule has 2 aromatic rings. The highest BCUT2D eigenvalue weighted by Crippen LogP contribution is 2.22. The van der Waals surface area contributed by atoms with Crippen molar-refractivity contribution in [2.75, 3.05) is 19.5 Å². The maximum absolute atomic E-state index is 12.5. The first-order chi connectivity index (χ1) is 12.1. The van der Waals surface area contributed by atoms with Gasteiger partial charge in [0.05, 0.1) is 18.7 Å². The smallest absolute Gasteiger partial charge is 0.252 e. The minimum atomic E-state index is -0.118. The van der Waals surface area contributed by atoms with E-state index in [2.05, 4.69) is 11.9 Å². The van der Waals surface area contributed by atoms with Crippen molar-refractivity contribution in [1.29, 1.82) is 0 Å². The SMILES string of the molecule is C=CCSc1ccccc1C(=O)N[C@@H](C)COc1ccc(OC)cc1. The van der Waals surface area contributed by atoms with Gasteiger partial charge in [0, 0.05) is 10.6 Å². The first-order valence-corrected chi connectivity index (χ1v) is 9.03. The second kappa shape index (κ2) is 9.79. The average molecular weight is 357 g/mol. The predicted molar refractivity (Wildman–Crippen MR) is 103 cm³/mol. The van der Waals surface area contributed by atoms with Gasteiger partial charge in [-0.2, -0.15) is 0 Å². The van der Waals surface area contributed by atoms with Crippen molar-refractivity contribution in [3.8, 4) is 11.5 Å². The van der Waals surface area contributed by atoms with Crippen LogP contribution in [0.2, 0.25) is 0 Å². The number of benzene rings is 2. The van der Waals surface area contributed by atoms with E-state index in [0.717, 1.165) is 22.1 Å². The summed E-state index contributed by atoms with van der Waals surface area (Å²) >= 11 is 1.59. The van der Waals surface area contributed by atoms with E-state index < -0.39 is 0 Å². The number of rotatable bonds is 9. The molecule has 0 heterocycles. The molecule has 0 unspecified atom stereocenters. The standard InChI is InChI=1S/C20H23NO3S/c1-4-13-25-19-8-6-5-7-18(19)20(22)21-15(2)14-24-17-11-9-16(23-3)10-12-17/h4-12,15H,1,13-14H2,2-3H3,(H,21,22)/t15-/m0/s1. The molecule has 0 spiro atoms. The number of carbonyl (C=O) groups excluding carboxylic acids is 1. The van der Waals surface area contributed by atoms with E-state index in [1.165, 1.54) is 0 Å². The van der Waals surface area contributed by atoms with Gasteiger partial charge in [-0.3, -0.25) is 4.79 Å². The predicted octanol–water partition coefficient (Wildman–Crippen LogP) is 4.17. The summed E-state index contributed by atoms with van der Waals surface area (Å²) in [6.45, 7) is 6.02. The van der Waals surface area contributed by atoms with Crippen LogP contribution in [0.3, 0.4) is 0 Å². The average Bonchev–Trinajstić information content (AvgIpc) is 2.65. The molecule has 2 rings (SSSR count). The monoisotopic (exact) mass is 357 g/mol. The second-order valence-electron chi connectivity index (χ2n) is 5.46. The van der Waals surface area contributed by atoms with E-state index in [4.69, 9.17) is 9.47 Å². The lowest BCUT2D eigenvalue weighted by molar-refractivity contribution is 0.0923. The van der Waals surface area contributed by atoms with Crippen molar-refractivity contribution in [1.82, 2.24) is 5.32 Å². The molecule has 0 aliphatic carbocycles. The van der Waals surface area contributed by atoms with Gasteiger partial charge in [-0.25, -0.2) is 0 Å². The Bertz CT molecular complexity index is 700. The normalized spacial score (nSPS) is 11.4. The summed E-state index contributed by atoms with van der Waals surface area (Å²) in [5.74, 6) is 2.18. The van der Waals surface area contributed by atoms with Crippen LogP contribution in [0.5, 0.6) is 11.5 Å². The van der Waals surface area contributed by atoms with Crippen molar-refractivity contribution in [3.63, 3.8) is 0 Å². The Labute approximate surface area is 153 Å². The summed E-state index contributed by atoms with van der Waals surface area (Å²) in [6.07, 6.45) is 1.82. The van der Waals surface area contributed by atoms with Gasteiger partial charge in [0.2, 0.25) is 0 Å². The van der Waals surface area contributed by atoms with Crippen LogP contribution in [0.25, 0.3) is 0 Å². The lowest BCUT2D eigenvalue weighted by Gasteiger charge is -2.16. The van der Waals surface area contributed by atoms with E-state index >= 15 is 0 Å². The molecular weight excluding hydrogens is 334 g/mol. The third-order valence-electron chi connectivity index (χ3n) is 3.43. The van der Waals surface area contributed by atoms with Gasteiger partial charge in [0.1, 0.15) is 18.1 Å². The number of amides is 1. The van der Waals surface area contributed by atoms with Gasteiger partial charge < -0.3 is 14.8 Å². The maximum Gasteiger partial charge on any atom is 0.252 e. The molecule has 0 saturated carbocycles. The fourth-order valence-corrected chi connectivity index (χ4v) is 2.95. The molecule has 0 bridgehead atoms. The largest absolute Gasteiger partial charge is 0.497 e. The summed E-state index contributed by atoms with van der Waals surface area (Å²) in [5, 5.41) is 2.98. The highest BCUT2D eigenvalue weighted by atomic mass is 32.2. The van der Waals surface area contributed by atoms with Crippen molar-refractivity contribution in [2.45, 2.75) is 17.9 Å². The molecule has 132 valence electrons. The first-order valence-electron chi connectivity index (χ1n) is 8.04. The van der Waals surface area contributed by atoms with E-state index in [1.54, 1.807) is 18.9 Å². The lowest BCUT2D eigenvalue weighted by atomic mass is 10.2. The van der Waals surface area contributed by atoms with Crippen LogP contribution < -0.4 is 14.8 Å². The number of hydrogen-bond acceptors (Lipinski definition) is 4. The Balaban J connectivity index is 1.90. The highest BCUT2D eigenvalue weighted by molar-refractivity contribution is 7.99. The van der Waals surface area contributed by atoms with E-state index in [1.807, 2.05) is 61.5 Å². The van der Waals surface area contributed by atoms with Gasteiger partial charge >= 0.3 is 0 Å². The fraction of sp³-hybridized carbons (Fsp3) is 0.250. The van der Waals surface area contributed by atoms with Crippen LogP contribution in [0, 0.1) is 0 Å². The van der Waals surface area contributed by atoms with Crippen LogP contribution in [0.15, 0.2) is 66.1 Å². The molecule has 0 radical (unpaired) electrons. The van der Waals surface area contributed by atoms with Crippen molar-refractivity contribution in [3.05, 3.63) is 66.7 Å². The van der Waals surface area contributed by atoms with E-state index in [9.17, 15) is 4.79 Å². The summed E-state index contributed by atoms with van der Waals surface area (Å²) in [4.78, 5) is 13.5. The summed E-state index contributed by atoms with van der Waals surface area (Å²) in [6, 6.07) is 14.8. The third-order valence-corrected chi connectivity index (χ3v) is 4.49. The Hall–Kier alpha value is -2.40. The van der Waals surface area contributed by atoms with Crippen molar-refractivity contribution >= 4 is 17.7 Å². The molecule has 0 aromatic heterocycles. The Morgan fingerprint density at radius 3 is 2.56 bits per heavy atom. The highest BCUT2D eigenvalue weighted by Gasteiger charge is 2.14. The maximum atomic E-state index is 12.5. The van der Waals surface area contributed by atoms with E-state index in [-0.39, 0.29) is 11.9 Å². The molecule has 1 amide bonds. The van der Waals surface area contributed by atoms with Crippen LogP contribution in [0.1, 0.15) is 17.3 Å².